The lowest BCUT2D eigenvalue weighted by Crippen LogP contribution is -2.38. The number of alkyl halides is 1. The lowest BCUT2D eigenvalue weighted by Gasteiger charge is -2.45. The van der Waals surface area contributed by atoms with Gasteiger partial charge in [-0.1, -0.05) is 66.3 Å². The Morgan fingerprint density at radius 1 is 1.23 bits per heavy atom. The maximum atomic E-state index is 10.1. The Bertz CT molecular complexity index is 685. The van der Waals surface area contributed by atoms with Crippen molar-refractivity contribution in [1.29, 1.82) is 0 Å². The van der Waals surface area contributed by atoms with E-state index in [1.807, 2.05) is 13.8 Å². The number of hydrogen-bond donors (Lipinski definition) is 2. The molecular weight excluding hydrogens is 483 g/mol. The normalized spacial score (nSPS) is 37.4. The van der Waals surface area contributed by atoms with Gasteiger partial charge < -0.3 is 10.2 Å². The van der Waals surface area contributed by atoms with Gasteiger partial charge in [0.25, 0.3) is 0 Å². The summed E-state index contributed by atoms with van der Waals surface area (Å²) in [5.41, 5.74) is 3.96. The van der Waals surface area contributed by atoms with Crippen molar-refractivity contribution >= 4 is 22.6 Å². The van der Waals surface area contributed by atoms with Crippen LogP contribution in [0.1, 0.15) is 91.9 Å². The van der Waals surface area contributed by atoms with Gasteiger partial charge in [0.2, 0.25) is 0 Å². The third-order valence-corrected chi connectivity index (χ3v) is 10.2. The zero-order valence-corrected chi connectivity index (χ0v) is 21.7. The highest BCUT2D eigenvalue weighted by atomic mass is 127. The monoisotopic (exact) mass is 526 g/mol. The van der Waals surface area contributed by atoms with Crippen LogP contribution in [-0.2, 0) is 0 Å². The zero-order chi connectivity index (χ0) is 22.1. The quantitative estimate of drug-likeness (QED) is 0.285. The average molecular weight is 527 g/mol. The third-order valence-electron chi connectivity index (χ3n) is 8.46. The van der Waals surface area contributed by atoms with Gasteiger partial charge >= 0.3 is 0 Å². The zero-order valence-electron chi connectivity index (χ0n) is 19.6. The molecule has 3 aliphatic carbocycles. The fraction of sp³-hybridized carbons (Fsp3) is 0.778. The van der Waals surface area contributed by atoms with E-state index in [9.17, 15) is 10.2 Å². The Balaban J connectivity index is 1.72. The summed E-state index contributed by atoms with van der Waals surface area (Å²) >= 11 is 2.65. The number of rotatable bonds is 6. The van der Waals surface area contributed by atoms with Crippen LogP contribution in [-0.4, -0.2) is 25.8 Å². The SMILES string of the molecule is C=C1CC[C@H](O)C/C1=C/C=C1CCC[C@@]2(C)C1CC[C@@H]2[C@H](C)[C@@H](I)CCC(C)(C)O. The maximum absolute atomic E-state index is 10.1. The molecule has 1 unspecified atom stereocenters. The molecule has 0 aromatic rings. The highest BCUT2D eigenvalue weighted by molar-refractivity contribution is 14.1. The largest absolute Gasteiger partial charge is 0.393 e. The number of aliphatic hydroxyl groups is 2. The first kappa shape index (κ1) is 24.5. The molecule has 0 aliphatic heterocycles. The van der Waals surface area contributed by atoms with E-state index >= 15 is 0 Å². The second-order valence-corrected chi connectivity index (χ2v) is 12.9. The van der Waals surface area contributed by atoms with Crippen molar-refractivity contribution in [3.63, 3.8) is 0 Å². The van der Waals surface area contributed by atoms with E-state index in [1.165, 1.54) is 43.3 Å². The molecule has 0 aromatic heterocycles. The molecule has 0 bridgehead atoms. The van der Waals surface area contributed by atoms with Crippen LogP contribution in [0.5, 0.6) is 0 Å². The molecule has 3 aliphatic rings. The fourth-order valence-electron chi connectivity index (χ4n) is 6.54. The van der Waals surface area contributed by atoms with Crippen molar-refractivity contribution < 1.29 is 10.2 Å². The summed E-state index contributed by atoms with van der Waals surface area (Å²) in [5, 5.41) is 20.2. The summed E-state index contributed by atoms with van der Waals surface area (Å²) in [6.07, 6.45) is 15.6. The summed E-state index contributed by atoms with van der Waals surface area (Å²) in [4.78, 5) is 0. The second kappa shape index (κ2) is 9.79. The van der Waals surface area contributed by atoms with Crippen LogP contribution in [0.4, 0.5) is 0 Å². The third kappa shape index (κ3) is 5.61. The Hall–Kier alpha value is -0.130. The van der Waals surface area contributed by atoms with Gasteiger partial charge in [0.1, 0.15) is 0 Å². The number of allylic oxidation sites excluding steroid dienone is 4. The smallest absolute Gasteiger partial charge is 0.0592 e. The highest BCUT2D eigenvalue weighted by Gasteiger charge is 2.51. The topological polar surface area (TPSA) is 40.5 Å². The van der Waals surface area contributed by atoms with Gasteiger partial charge in [0.05, 0.1) is 11.7 Å². The minimum atomic E-state index is -0.559. The first-order chi connectivity index (χ1) is 14.0. The second-order valence-electron chi connectivity index (χ2n) is 11.3. The number of hydrogen-bond acceptors (Lipinski definition) is 2. The molecule has 0 amide bonds. The molecule has 3 fully saturated rings. The number of fused-ring (bicyclic) bond motifs is 1. The molecule has 0 saturated heterocycles. The molecule has 0 aromatic carbocycles. The van der Waals surface area contributed by atoms with Gasteiger partial charge in [-0.2, -0.15) is 0 Å². The van der Waals surface area contributed by atoms with E-state index < -0.39 is 5.60 Å². The van der Waals surface area contributed by atoms with Gasteiger partial charge in [0.15, 0.2) is 0 Å². The molecule has 2 nitrogen and oxygen atoms in total. The van der Waals surface area contributed by atoms with Gasteiger partial charge in [0, 0.05) is 3.92 Å². The molecule has 6 atom stereocenters. The van der Waals surface area contributed by atoms with E-state index in [1.54, 1.807) is 5.57 Å². The standard InChI is InChI=1S/C27H43IO2/c1-18-8-11-22(29)17-21(18)10-9-20-7-6-15-27(5)23(12-13-24(20)27)19(2)25(28)14-16-26(3,4)30/h9-10,19,22-25,29-30H,1,6-8,11-17H2,2-5H3/b20-9?,21-10-/t19-,22-,23+,24?,25-,27+/m0/s1. The Morgan fingerprint density at radius 3 is 2.67 bits per heavy atom. The van der Waals surface area contributed by atoms with Crippen molar-refractivity contribution in [3.8, 4) is 0 Å². The molecular formula is C27H43IO2. The Morgan fingerprint density at radius 2 is 1.97 bits per heavy atom. The minimum absolute atomic E-state index is 0.196. The maximum Gasteiger partial charge on any atom is 0.0592 e. The minimum Gasteiger partial charge on any atom is -0.393 e. The highest BCUT2D eigenvalue weighted by Crippen LogP contribution is 2.60. The van der Waals surface area contributed by atoms with Crippen LogP contribution in [0, 0.1) is 23.2 Å². The van der Waals surface area contributed by atoms with E-state index in [0.717, 1.165) is 38.0 Å². The molecule has 2 N–H and O–H groups in total. The molecule has 3 rings (SSSR count). The van der Waals surface area contributed by atoms with Crippen molar-refractivity contribution in [3.05, 3.63) is 35.5 Å². The van der Waals surface area contributed by atoms with E-state index in [4.69, 9.17) is 0 Å². The number of halogens is 1. The van der Waals surface area contributed by atoms with Crippen LogP contribution in [0.2, 0.25) is 0 Å². The molecule has 0 spiro atoms. The lowest BCUT2D eigenvalue weighted by atomic mass is 9.60. The van der Waals surface area contributed by atoms with Crippen molar-refractivity contribution in [2.75, 3.05) is 0 Å². The summed E-state index contributed by atoms with van der Waals surface area (Å²) in [5.74, 6) is 2.16. The molecule has 170 valence electrons. The summed E-state index contributed by atoms with van der Waals surface area (Å²) < 4.78 is 0.623. The lowest BCUT2D eigenvalue weighted by molar-refractivity contribution is 0.0622. The van der Waals surface area contributed by atoms with E-state index in [2.05, 4.69) is 55.2 Å². The molecule has 0 heterocycles. The van der Waals surface area contributed by atoms with Crippen LogP contribution >= 0.6 is 22.6 Å². The summed E-state index contributed by atoms with van der Waals surface area (Å²) in [6, 6.07) is 0. The first-order valence-electron chi connectivity index (χ1n) is 12.1. The molecule has 30 heavy (non-hydrogen) atoms. The summed E-state index contributed by atoms with van der Waals surface area (Å²) in [7, 11) is 0. The van der Waals surface area contributed by atoms with Crippen LogP contribution in [0.15, 0.2) is 35.5 Å². The van der Waals surface area contributed by atoms with Crippen molar-refractivity contribution in [2.45, 2.75) is 108 Å². The van der Waals surface area contributed by atoms with Crippen molar-refractivity contribution in [2.24, 2.45) is 23.2 Å². The Kier molecular flexibility index (Phi) is 8.00. The molecule has 3 saturated carbocycles. The van der Waals surface area contributed by atoms with Crippen LogP contribution in [0.25, 0.3) is 0 Å². The average Bonchev–Trinajstić information content (AvgIpc) is 3.03. The van der Waals surface area contributed by atoms with Gasteiger partial charge in [-0.15, -0.1) is 0 Å². The van der Waals surface area contributed by atoms with Gasteiger partial charge in [-0.05, 0) is 107 Å². The predicted octanol–water partition coefficient (Wildman–Crippen LogP) is 7.15. The van der Waals surface area contributed by atoms with E-state index in [-0.39, 0.29) is 6.10 Å². The Labute approximate surface area is 198 Å². The molecule has 0 radical (unpaired) electrons. The first-order valence-corrected chi connectivity index (χ1v) is 13.4. The van der Waals surface area contributed by atoms with Crippen LogP contribution < -0.4 is 0 Å². The predicted molar refractivity (Wildman–Crippen MR) is 136 cm³/mol. The summed E-state index contributed by atoms with van der Waals surface area (Å²) in [6.45, 7) is 13.1. The van der Waals surface area contributed by atoms with E-state index in [0.29, 0.717) is 21.2 Å². The fourth-order valence-corrected chi connectivity index (χ4v) is 7.36. The number of aliphatic hydroxyl groups excluding tert-OH is 1. The van der Waals surface area contributed by atoms with Gasteiger partial charge in [-0.3, -0.25) is 0 Å². The van der Waals surface area contributed by atoms with Gasteiger partial charge in [-0.25, -0.2) is 0 Å². The van der Waals surface area contributed by atoms with Crippen molar-refractivity contribution in [1.82, 2.24) is 0 Å². The van der Waals surface area contributed by atoms with Crippen LogP contribution in [0.3, 0.4) is 0 Å². The molecule has 3 heteroatoms.